The maximum absolute atomic E-state index is 14.5. The highest BCUT2D eigenvalue weighted by molar-refractivity contribution is 7.87. The smallest absolute Gasteiger partial charge is 0.455 e. The van der Waals surface area contributed by atoms with Crippen LogP contribution in [0.1, 0.15) is 64.2 Å². The van der Waals surface area contributed by atoms with E-state index in [4.69, 9.17) is 18.4 Å². The predicted octanol–water partition coefficient (Wildman–Crippen LogP) is 2.98. The molecule has 1 aromatic carbocycles. The molecule has 3 fully saturated rings. The highest BCUT2D eigenvalue weighted by Crippen LogP contribution is 2.64. The summed E-state index contributed by atoms with van der Waals surface area (Å²) < 4.78 is 88.0. The standard InChI is InChI=1S/C30H35F3O11S/c1-15-18-11-20(36)27(5)21(44-45(39,40)30(31,32)33)12-22-28(14-41-22,43-16(2)34)23(27)24(29(38,13-19(15)35)26(18,3)4)42-25(37)17-9-7-6-8-10-17/h6-10,19,21-24,35,38H,11-14H2,1-5H3/t19-,21-,22+,23-,24-,27+,28-,29+/m0/s1. The van der Waals surface area contributed by atoms with Crippen LogP contribution in [0.25, 0.3) is 0 Å². The first kappa shape index (κ1) is 33.5. The third-order valence-corrected chi connectivity index (χ3v) is 11.5. The molecule has 2 saturated carbocycles. The number of aliphatic hydroxyl groups is 2. The van der Waals surface area contributed by atoms with E-state index in [1.807, 2.05) is 0 Å². The molecule has 4 aliphatic rings. The molecule has 1 saturated heterocycles. The van der Waals surface area contributed by atoms with E-state index in [0.717, 1.165) is 6.92 Å². The maximum Gasteiger partial charge on any atom is 0.523 e. The molecule has 0 unspecified atom stereocenters. The van der Waals surface area contributed by atoms with Gasteiger partial charge in [-0.2, -0.15) is 21.6 Å². The SMILES string of the molecule is CC(=O)O[C@@]12CO[C@@H]1C[C@H](OS(=O)(=O)C(F)(F)F)[C@@]1(C)C(=O)CC3=C(C)[C@@H](O)C[C@@](O)([C@@H](OC(=O)c4ccccc4)[C@H]21)C3(C)C. The van der Waals surface area contributed by atoms with E-state index in [0.29, 0.717) is 5.57 Å². The Labute approximate surface area is 257 Å². The number of benzene rings is 1. The van der Waals surface area contributed by atoms with Gasteiger partial charge in [0, 0.05) is 31.6 Å². The number of carbonyl (C=O) groups is 3. The van der Waals surface area contributed by atoms with Gasteiger partial charge in [0.15, 0.2) is 5.60 Å². The molecule has 1 heterocycles. The van der Waals surface area contributed by atoms with Crippen LogP contribution in [0.4, 0.5) is 13.2 Å². The normalized spacial score (nSPS) is 37.7. The molecule has 0 spiro atoms. The Balaban J connectivity index is 1.82. The lowest BCUT2D eigenvalue weighted by molar-refractivity contribution is -0.342. The number of halogens is 3. The van der Waals surface area contributed by atoms with E-state index in [1.165, 1.54) is 31.2 Å². The first-order valence-corrected chi connectivity index (χ1v) is 15.7. The summed E-state index contributed by atoms with van der Waals surface area (Å²) in [6.45, 7) is 6.51. The van der Waals surface area contributed by atoms with Gasteiger partial charge in [-0.3, -0.25) is 13.8 Å². The van der Waals surface area contributed by atoms with Crippen molar-refractivity contribution in [3.63, 3.8) is 0 Å². The minimum atomic E-state index is -6.29. The Morgan fingerprint density at radius 2 is 1.73 bits per heavy atom. The minimum absolute atomic E-state index is 0.0171. The first-order valence-electron chi connectivity index (χ1n) is 14.3. The van der Waals surface area contributed by atoms with Crippen molar-refractivity contribution in [2.24, 2.45) is 16.7 Å². The summed E-state index contributed by atoms with van der Waals surface area (Å²) in [5, 5.41) is 23.9. The molecular weight excluding hydrogens is 625 g/mol. The van der Waals surface area contributed by atoms with Crippen molar-refractivity contribution >= 4 is 27.8 Å². The molecule has 45 heavy (non-hydrogen) atoms. The zero-order valence-electron chi connectivity index (χ0n) is 25.2. The Bertz CT molecular complexity index is 1560. The van der Waals surface area contributed by atoms with Gasteiger partial charge in [0.05, 0.1) is 35.7 Å². The second kappa shape index (κ2) is 10.6. The highest BCUT2D eigenvalue weighted by Gasteiger charge is 2.77. The lowest BCUT2D eigenvalue weighted by Crippen LogP contribution is -2.81. The van der Waals surface area contributed by atoms with Gasteiger partial charge in [-0.05, 0) is 31.6 Å². The van der Waals surface area contributed by atoms with Gasteiger partial charge in [0.25, 0.3) is 0 Å². The third kappa shape index (κ3) is 4.84. The van der Waals surface area contributed by atoms with E-state index >= 15 is 0 Å². The number of hydrogen-bond donors (Lipinski definition) is 2. The summed E-state index contributed by atoms with van der Waals surface area (Å²) in [5.41, 5.74) is -13.1. The van der Waals surface area contributed by atoms with E-state index in [-0.39, 0.29) is 11.1 Å². The van der Waals surface area contributed by atoms with Crippen molar-refractivity contribution in [1.82, 2.24) is 0 Å². The molecule has 0 aromatic heterocycles. The molecule has 15 heteroatoms. The third-order valence-electron chi connectivity index (χ3n) is 10.5. The molecule has 5 rings (SSSR count). The van der Waals surface area contributed by atoms with Crippen molar-refractivity contribution < 1.29 is 64.6 Å². The van der Waals surface area contributed by atoms with Gasteiger partial charge >= 0.3 is 27.6 Å². The Morgan fingerprint density at radius 1 is 1.11 bits per heavy atom. The highest BCUT2D eigenvalue weighted by atomic mass is 32.2. The van der Waals surface area contributed by atoms with Crippen LogP contribution in [0.5, 0.6) is 0 Å². The average molecular weight is 661 g/mol. The number of carbonyl (C=O) groups excluding carboxylic acids is 3. The Kier molecular flexibility index (Phi) is 7.89. The van der Waals surface area contributed by atoms with Gasteiger partial charge in [-0.15, -0.1) is 0 Å². The predicted molar refractivity (Wildman–Crippen MR) is 148 cm³/mol. The Hall–Kier alpha value is -2.85. The topological polar surface area (TPSA) is 163 Å². The summed E-state index contributed by atoms with van der Waals surface area (Å²) in [7, 11) is -6.29. The lowest BCUT2D eigenvalue weighted by atomic mass is 9.45. The molecule has 0 radical (unpaired) electrons. The minimum Gasteiger partial charge on any atom is -0.455 e. The van der Waals surface area contributed by atoms with Crippen molar-refractivity contribution in [2.45, 2.75) is 95.0 Å². The van der Waals surface area contributed by atoms with Crippen LogP contribution in [-0.4, -0.2) is 84.1 Å². The van der Waals surface area contributed by atoms with E-state index in [1.54, 1.807) is 26.8 Å². The number of ether oxygens (including phenoxy) is 3. The van der Waals surface area contributed by atoms with Crippen LogP contribution < -0.4 is 0 Å². The maximum atomic E-state index is 14.5. The molecule has 248 valence electrons. The Morgan fingerprint density at radius 3 is 2.27 bits per heavy atom. The van der Waals surface area contributed by atoms with Crippen molar-refractivity contribution in [3.8, 4) is 0 Å². The van der Waals surface area contributed by atoms with Crippen molar-refractivity contribution in [3.05, 3.63) is 47.0 Å². The summed E-state index contributed by atoms with van der Waals surface area (Å²) in [6, 6.07) is 7.54. The van der Waals surface area contributed by atoms with Gasteiger partial charge in [0.1, 0.15) is 23.6 Å². The molecular formula is C30H35F3O11S. The van der Waals surface area contributed by atoms with Crippen molar-refractivity contribution in [1.29, 1.82) is 0 Å². The van der Waals surface area contributed by atoms with Crippen LogP contribution in [0, 0.1) is 16.7 Å². The van der Waals surface area contributed by atoms with Gasteiger partial charge in [0.2, 0.25) is 0 Å². The monoisotopic (exact) mass is 660 g/mol. The zero-order valence-corrected chi connectivity index (χ0v) is 26.0. The fourth-order valence-corrected chi connectivity index (χ4v) is 8.50. The number of fused-ring (bicyclic) bond motifs is 5. The molecule has 8 atom stereocenters. The molecule has 2 N–H and O–H groups in total. The van der Waals surface area contributed by atoms with Gasteiger partial charge < -0.3 is 24.4 Å². The number of alkyl halides is 3. The van der Waals surface area contributed by atoms with E-state index in [9.17, 15) is 46.2 Å². The van der Waals surface area contributed by atoms with E-state index < -0.39 is 112 Å². The molecule has 2 bridgehead atoms. The number of ketones is 1. The molecule has 0 amide bonds. The number of hydrogen-bond acceptors (Lipinski definition) is 11. The number of aliphatic hydroxyl groups excluding tert-OH is 1. The molecule has 1 aromatic rings. The lowest BCUT2D eigenvalue weighted by Gasteiger charge is -2.67. The van der Waals surface area contributed by atoms with Gasteiger partial charge in [-0.1, -0.05) is 37.6 Å². The van der Waals surface area contributed by atoms with Gasteiger partial charge in [-0.25, -0.2) is 4.79 Å². The van der Waals surface area contributed by atoms with Crippen LogP contribution in [-0.2, 0) is 38.1 Å². The summed E-state index contributed by atoms with van der Waals surface area (Å²) in [6.07, 6.45) is -8.16. The molecule has 1 aliphatic heterocycles. The van der Waals surface area contributed by atoms with E-state index in [2.05, 4.69) is 0 Å². The summed E-state index contributed by atoms with van der Waals surface area (Å²) in [5.74, 6) is -4.40. The number of esters is 2. The van der Waals surface area contributed by atoms with Crippen LogP contribution in [0.2, 0.25) is 0 Å². The zero-order chi connectivity index (χ0) is 33.5. The second-order valence-corrected chi connectivity index (χ2v) is 14.6. The second-order valence-electron chi connectivity index (χ2n) is 13.1. The summed E-state index contributed by atoms with van der Waals surface area (Å²) >= 11 is 0. The van der Waals surface area contributed by atoms with Crippen LogP contribution in [0.3, 0.4) is 0 Å². The summed E-state index contributed by atoms with van der Waals surface area (Å²) in [4.78, 5) is 40.8. The average Bonchev–Trinajstić information content (AvgIpc) is 2.93. The van der Waals surface area contributed by atoms with Crippen molar-refractivity contribution in [2.75, 3.05) is 6.61 Å². The number of Topliss-reactive ketones (excluding diaryl/α,β-unsaturated/α-hetero) is 1. The quantitative estimate of drug-likeness (QED) is 0.207. The fourth-order valence-electron chi connectivity index (χ4n) is 7.81. The molecule has 11 nitrogen and oxygen atoms in total. The molecule has 3 aliphatic carbocycles. The fraction of sp³-hybridized carbons (Fsp3) is 0.633. The number of rotatable bonds is 5. The van der Waals surface area contributed by atoms with Crippen LogP contribution in [0.15, 0.2) is 41.5 Å². The van der Waals surface area contributed by atoms with Crippen LogP contribution >= 0.6 is 0 Å². The first-order chi connectivity index (χ1) is 20.6. The largest absolute Gasteiger partial charge is 0.523 e.